The van der Waals surface area contributed by atoms with Gasteiger partial charge in [0, 0.05) is 28.2 Å². The lowest BCUT2D eigenvalue weighted by Gasteiger charge is -2.00. The highest BCUT2D eigenvalue weighted by atomic mass is 79.9. The molecule has 106 valence electrons. The molecule has 1 saturated carbocycles. The predicted molar refractivity (Wildman–Crippen MR) is 88.4 cm³/mol. The van der Waals surface area contributed by atoms with E-state index >= 15 is 0 Å². The first-order valence-corrected chi connectivity index (χ1v) is 8.81. The van der Waals surface area contributed by atoms with E-state index in [2.05, 4.69) is 52.4 Å². The molecule has 20 heavy (non-hydrogen) atoms. The van der Waals surface area contributed by atoms with Crippen LogP contribution in [-0.2, 0) is 13.0 Å². The van der Waals surface area contributed by atoms with E-state index in [1.807, 2.05) is 11.3 Å². The highest BCUT2D eigenvalue weighted by molar-refractivity contribution is 9.10. The molecule has 1 aromatic heterocycles. The molecule has 0 atom stereocenters. The Morgan fingerprint density at radius 1 is 1.30 bits per heavy atom. The topological polar surface area (TPSA) is 24.9 Å². The van der Waals surface area contributed by atoms with Crippen LogP contribution in [0.2, 0.25) is 0 Å². The average Bonchev–Trinajstić information content (AvgIpc) is 3.22. The van der Waals surface area contributed by atoms with E-state index in [4.69, 9.17) is 4.98 Å². The number of hydrogen-bond donors (Lipinski definition) is 1. The summed E-state index contributed by atoms with van der Waals surface area (Å²) in [6.07, 6.45) is 3.59. The summed E-state index contributed by atoms with van der Waals surface area (Å²) in [5.41, 5.74) is 2.70. The largest absolute Gasteiger partial charge is 0.312 e. The van der Waals surface area contributed by atoms with E-state index in [-0.39, 0.29) is 0 Å². The van der Waals surface area contributed by atoms with Crippen molar-refractivity contribution in [2.24, 2.45) is 0 Å². The molecule has 1 aromatic carbocycles. The minimum atomic E-state index is 0.735. The van der Waals surface area contributed by atoms with Crippen molar-refractivity contribution in [3.63, 3.8) is 0 Å². The van der Waals surface area contributed by atoms with Gasteiger partial charge in [-0.2, -0.15) is 0 Å². The molecular weight excluding hydrogens is 332 g/mol. The van der Waals surface area contributed by atoms with Gasteiger partial charge in [-0.1, -0.05) is 35.0 Å². The Labute approximate surface area is 132 Å². The average molecular weight is 351 g/mol. The first-order valence-electron chi connectivity index (χ1n) is 7.20. The molecule has 1 aliphatic rings. The lowest BCUT2D eigenvalue weighted by molar-refractivity contribution is 0.726. The van der Waals surface area contributed by atoms with Crippen LogP contribution in [-0.4, -0.2) is 11.5 Å². The summed E-state index contributed by atoms with van der Waals surface area (Å²) in [6, 6.07) is 8.55. The van der Waals surface area contributed by atoms with E-state index in [0.29, 0.717) is 0 Å². The minimum absolute atomic E-state index is 0.735. The van der Waals surface area contributed by atoms with Crippen LogP contribution in [0.25, 0.3) is 0 Å². The highest BCUT2D eigenvalue weighted by Crippen LogP contribution is 2.42. The standard InChI is InChI=1S/C16H19BrN2S/c1-2-18-10-14-16(12-5-6-12)19-15(20-14)9-11-3-7-13(17)8-4-11/h3-4,7-8,12,18H,2,5-6,9-10H2,1H3. The van der Waals surface area contributed by atoms with Crippen LogP contribution in [0, 0.1) is 0 Å². The molecule has 0 amide bonds. The number of nitrogens with zero attached hydrogens (tertiary/aromatic N) is 1. The van der Waals surface area contributed by atoms with Gasteiger partial charge in [-0.05, 0) is 37.1 Å². The molecule has 0 radical (unpaired) electrons. The lowest BCUT2D eigenvalue weighted by Crippen LogP contribution is -2.11. The monoisotopic (exact) mass is 350 g/mol. The summed E-state index contributed by atoms with van der Waals surface area (Å²) in [6.45, 7) is 4.14. The van der Waals surface area contributed by atoms with Gasteiger partial charge in [0.1, 0.15) is 0 Å². The second kappa shape index (κ2) is 6.37. The molecule has 1 aliphatic carbocycles. The van der Waals surface area contributed by atoms with E-state index < -0.39 is 0 Å². The first kappa shape index (κ1) is 14.2. The van der Waals surface area contributed by atoms with Gasteiger partial charge in [-0.15, -0.1) is 11.3 Å². The molecule has 4 heteroatoms. The van der Waals surface area contributed by atoms with Crippen LogP contribution in [0.15, 0.2) is 28.7 Å². The molecule has 1 fully saturated rings. The zero-order valence-electron chi connectivity index (χ0n) is 11.7. The summed E-state index contributed by atoms with van der Waals surface area (Å²) in [5, 5.41) is 4.69. The molecule has 1 N–H and O–H groups in total. The molecule has 2 aromatic rings. The predicted octanol–water partition coefficient (Wildman–Crippen LogP) is 4.48. The van der Waals surface area contributed by atoms with Gasteiger partial charge in [-0.3, -0.25) is 0 Å². The van der Waals surface area contributed by atoms with E-state index in [1.54, 1.807) is 0 Å². The third-order valence-corrected chi connectivity index (χ3v) is 5.14. The number of nitrogens with one attached hydrogen (secondary N) is 1. The maximum absolute atomic E-state index is 4.91. The Balaban J connectivity index is 1.77. The minimum Gasteiger partial charge on any atom is -0.312 e. The van der Waals surface area contributed by atoms with Gasteiger partial charge >= 0.3 is 0 Å². The Hall–Kier alpha value is -0.710. The molecule has 0 aliphatic heterocycles. The van der Waals surface area contributed by atoms with E-state index in [9.17, 15) is 0 Å². The Morgan fingerprint density at radius 3 is 2.70 bits per heavy atom. The third kappa shape index (κ3) is 3.48. The fraction of sp³-hybridized carbons (Fsp3) is 0.438. The molecule has 3 rings (SSSR count). The number of thiazole rings is 1. The van der Waals surface area contributed by atoms with Crippen LogP contribution in [0.5, 0.6) is 0 Å². The van der Waals surface area contributed by atoms with Crippen molar-refractivity contribution in [1.82, 2.24) is 10.3 Å². The SMILES string of the molecule is CCNCc1sc(Cc2ccc(Br)cc2)nc1C1CC1. The summed E-state index contributed by atoms with van der Waals surface area (Å²) in [7, 11) is 0. The van der Waals surface area contributed by atoms with Gasteiger partial charge in [0.2, 0.25) is 0 Å². The molecule has 0 unspecified atom stereocenters. The van der Waals surface area contributed by atoms with Gasteiger partial charge in [0.15, 0.2) is 0 Å². The van der Waals surface area contributed by atoms with Crippen LogP contribution in [0.4, 0.5) is 0 Å². The van der Waals surface area contributed by atoms with Gasteiger partial charge in [0.25, 0.3) is 0 Å². The highest BCUT2D eigenvalue weighted by Gasteiger charge is 2.29. The number of benzene rings is 1. The van der Waals surface area contributed by atoms with Gasteiger partial charge in [-0.25, -0.2) is 4.98 Å². The van der Waals surface area contributed by atoms with E-state index in [1.165, 1.54) is 34.0 Å². The van der Waals surface area contributed by atoms with Crippen molar-refractivity contribution in [2.45, 2.75) is 38.6 Å². The van der Waals surface area contributed by atoms with Crippen molar-refractivity contribution in [3.05, 3.63) is 49.9 Å². The second-order valence-electron chi connectivity index (χ2n) is 5.27. The summed E-state index contributed by atoms with van der Waals surface area (Å²) >= 11 is 5.36. The maximum Gasteiger partial charge on any atom is 0.0975 e. The molecule has 0 spiro atoms. The molecule has 0 saturated heterocycles. The number of halogens is 1. The van der Waals surface area contributed by atoms with E-state index in [0.717, 1.165) is 29.9 Å². The first-order chi connectivity index (χ1) is 9.76. The third-order valence-electron chi connectivity index (χ3n) is 3.54. The maximum atomic E-state index is 4.91. The van der Waals surface area contributed by atoms with Crippen molar-refractivity contribution in [1.29, 1.82) is 0 Å². The Kier molecular flexibility index (Phi) is 4.54. The normalized spacial score (nSPS) is 14.7. The van der Waals surface area contributed by atoms with Crippen molar-refractivity contribution >= 4 is 27.3 Å². The Bertz CT molecular complexity index is 573. The fourth-order valence-corrected chi connectivity index (χ4v) is 3.73. The summed E-state index contributed by atoms with van der Waals surface area (Å²) in [5.74, 6) is 0.735. The summed E-state index contributed by atoms with van der Waals surface area (Å²) in [4.78, 5) is 6.36. The van der Waals surface area contributed by atoms with Gasteiger partial charge < -0.3 is 5.32 Å². The summed E-state index contributed by atoms with van der Waals surface area (Å²) < 4.78 is 1.13. The second-order valence-corrected chi connectivity index (χ2v) is 7.36. The Morgan fingerprint density at radius 2 is 2.05 bits per heavy atom. The fourth-order valence-electron chi connectivity index (χ4n) is 2.31. The zero-order chi connectivity index (χ0) is 13.9. The molecular formula is C16H19BrN2S. The number of rotatable bonds is 6. The molecule has 1 heterocycles. The van der Waals surface area contributed by atoms with Crippen LogP contribution in [0.1, 0.15) is 46.8 Å². The van der Waals surface area contributed by atoms with Crippen molar-refractivity contribution in [2.75, 3.05) is 6.54 Å². The van der Waals surface area contributed by atoms with Crippen LogP contribution < -0.4 is 5.32 Å². The number of hydrogen-bond acceptors (Lipinski definition) is 3. The van der Waals surface area contributed by atoms with Crippen molar-refractivity contribution < 1.29 is 0 Å². The van der Waals surface area contributed by atoms with Gasteiger partial charge in [0.05, 0.1) is 10.7 Å². The molecule has 0 bridgehead atoms. The smallest absolute Gasteiger partial charge is 0.0975 e. The quantitative estimate of drug-likeness (QED) is 0.830. The van der Waals surface area contributed by atoms with Crippen LogP contribution in [0.3, 0.4) is 0 Å². The zero-order valence-corrected chi connectivity index (χ0v) is 14.1. The van der Waals surface area contributed by atoms with Crippen molar-refractivity contribution in [3.8, 4) is 0 Å². The molecule has 2 nitrogen and oxygen atoms in total. The lowest BCUT2D eigenvalue weighted by atomic mass is 10.2. The van der Waals surface area contributed by atoms with Crippen LogP contribution >= 0.6 is 27.3 Å². The number of aromatic nitrogens is 1.